The second kappa shape index (κ2) is 7.63. The van der Waals surface area contributed by atoms with Crippen molar-refractivity contribution in [1.82, 2.24) is 10.2 Å². The van der Waals surface area contributed by atoms with Crippen molar-refractivity contribution in [3.8, 4) is 0 Å². The Kier molecular flexibility index (Phi) is 5.83. The monoisotopic (exact) mass is 262 g/mol. The lowest BCUT2D eigenvalue weighted by molar-refractivity contribution is 0.256. The molecule has 1 aromatic rings. The highest BCUT2D eigenvalue weighted by Crippen LogP contribution is 2.13. The Morgan fingerprint density at radius 3 is 2.89 bits per heavy atom. The van der Waals surface area contributed by atoms with E-state index in [1.54, 1.807) is 0 Å². The lowest BCUT2D eigenvalue weighted by atomic mass is 10.1. The molecule has 1 saturated heterocycles. The number of rotatable bonds is 7. The smallest absolute Gasteiger partial charge is 0.0434 e. The molecule has 1 fully saturated rings. The Labute approximate surface area is 116 Å². The van der Waals surface area contributed by atoms with Gasteiger partial charge in [0.05, 0.1) is 0 Å². The molecule has 0 bridgehead atoms. The van der Waals surface area contributed by atoms with E-state index < -0.39 is 0 Å². The van der Waals surface area contributed by atoms with E-state index in [-0.39, 0.29) is 0 Å². The van der Waals surface area contributed by atoms with Crippen molar-refractivity contribution in [3.63, 3.8) is 0 Å². The minimum Gasteiger partial charge on any atom is -0.396 e. The summed E-state index contributed by atoms with van der Waals surface area (Å²) in [4.78, 5) is 2.52. The number of aliphatic hydroxyl groups excluding tert-OH is 1. The summed E-state index contributed by atoms with van der Waals surface area (Å²) in [7, 11) is 0. The Balaban J connectivity index is 1.68. The fourth-order valence-electron chi connectivity index (χ4n) is 2.67. The van der Waals surface area contributed by atoms with E-state index in [9.17, 15) is 0 Å². The van der Waals surface area contributed by atoms with Crippen molar-refractivity contribution in [2.75, 3.05) is 26.2 Å². The first-order valence-electron chi connectivity index (χ1n) is 7.38. The number of aliphatic hydroxyl groups is 1. The number of nitrogens with zero attached hydrogens (tertiary/aromatic N) is 1. The molecule has 2 unspecified atom stereocenters. The third kappa shape index (κ3) is 4.94. The second-order valence-electron chi connectivity index (χ2n) is 5.73. The van der Waals surface area contributed by atoms with Crippen LogP contribution in [-0.4, -0.2) is 42.3 Å². The lowest BCUT2D eigenvalue weighted by Crippen LogP contribution is -2.35. The van der Waals surface area contributed by atoms with Gasteiger partial charge in [0.15, 0.2) is 0 Å². The number of nitrogens with one attached hydrogen (secondary N) is 1. The molecule has 2 N–H and O–H groups in total. The topological polar surface area (TPSA) is 35.5 Å². The van der Waals surface area contributed by atoms with Crippen molar-refractivity contribution in [2.45, 2.75) is 32.4 Å². The zero-order chi connectivity index (χ0) is 13.5. The average molecular weight is 262 g/mol. The van der Waals surface area contributed by atoms with E-state index >= 15 is 0 Å². The zero-order valence-corrected chi connectivity index (χ0v) is 11.9. The van der Waals surface area contributed by atoms with Crippen molar-refractivity contribution in [1.29, 1.82) is 0 Å². The highest BCUT2D eigenvalue weighted by molar-refractivity contribution is 5.14. The predicted octanol–water partition coefficient (Wildman–Crippen LogP) is 1.87. The molecule has 1 aromatic carbocycles. The van der Waals surface area contributed by atoms with Crippen LogP contribution < -0.4 is 5.32 Å². The highest BCUT2D eigenvalue weighted by Gasteiger charge is 2.22. The maximum absolute atomic E-state index is 8.90. The van der Waals surface area contributed by atoms with Crippen LogP contribution in [0.4, 0.5) is 0 Å². The minimum atomic E-state index is 0.299. The van der Waals surface area contributed by atoms with Gasteiger partial charge in [-0.15, -0.1) is 0 Å². The zero-order valence-electron chi connectivity index (χ0n) is 11.9. The summed E-state index contributed by atoms with van der Waals surface area (Å²) in [5, 5.41) is 12.5. The molecule has 1 aliphatic heterocycles. The van der Waals surface area contributed by atoms with Crippen LogP contribution in [0.1, 0.15) is 25.3 Å². The van der Waals surface area contributed by atoms with Crippen molar-refractivity contribution < 1.29 is 5.11 Å². The molecular weight excluding hydrogens is 236 g/mol. The number of hydrogen-bond donors (Lipinski definition) is 2. The number of benzene rings is 1. The van der Waals surface area contributed by atoms with Crippen LogP contribution >= 0.6 is 0 Å². The van der Waals surface area contributed by atoms with Gasteiger partial charge in [-0.2, -0.15) is 0 Å². The van der Waals surface area contributed by atoms with Crippen LogP contribution in [0.2, 0.25) is 0 Å². The average Bonchev–Trinajstić information content (AvgIpc) is 2.86. The Morgan fingerprint density at radius 2 is 2.16 bits per heavy atom. The third-order valence-corrected chi connectivity index (χ3v) is 3.90. The van der Waals surface area contributed by atoms with Crippen molar-refractivity contribution >= 4 is 0 Å². The third-order valence-electron chi connectivity index (χ3n) is 3.90. The fraction of sp³-hybridized carbons (Fsp3) is 0.625. The van der Waals surface area contributed by atoms with Gasteiger partial charge in [0.25, 0.3) is 0 Å². The molecule has 1 heterocycles. The lowest BCUT2D eigenvalue weighted by Gasteiger charge is -2.18. The van der Waals surface area contributed by atoms with Crippen LogP contribution in [0.25, 0.3) is 0 Å². The van der Waals surface area contributed by atoms with Gasteiger partial charge in [-0.1, -0.05) is 37.3 Å². The normalized spacial score (nSPS) is 21.7. The largest absolute Gasteiger partial charge is 0.396 e. The van der Waals surface area contributed by atoms with E-state index in [1.165, 1.54) is 18.5 Å². The first kappa shape index (κ1) is 14.5. The van der Waals surface area contributed by atoms with Crippen LogP contribution in [0, 0.1) is 5.92 Å². The van der Waals surface area contributed by atoms with E-state index in [4.69, 9.17) is 5.11 Å². The van der Waals surface area contributed by atoms with Gasteiger partial charge in [0.2, 0.25) is 0 Å². The van der Waals surface area contributed by atoms with E-state index in [0.717, 1.165) is 26.1 Å². The van der Waals surface area contributed by atoms with E-state index in [1.807, 2.05) is 0 Å². The summed E-state index contributed by atoms with van der Waals surface area (Å²) in [6, 6.07) is 11.3. The molecule has 0 spiro atoms. The Hall–Kier alpha value is -0.900. The summed E-state index contributed by atoms with van der Waals surface area (Å²) in [6.45, 7) is 6.89. The maximum Gasteiger partial charge on any atom is 0.0434 e. The fourth-order valence-corrected chi connectivity index (χ4v) is 2.67. The summed E-state index contributed by atoms with van der Waals surface area (Å²) in [5.41, 5.74) is 1.40. The van der Waals surface area contributed by atoms with E-state index in [2.05, 4.69) is 47.5 Å². The van der Waals surface area contributed by atoms with Crippen LogP contribution in [0.5, 0.6) is 0 Å². The highest BCUT2D eigenvalue weighted by atomic mass is 16.3. The molecule has 1 aliphatic rings. The van der Waals surface area contributed by atoms with E-state index in [0.29, 0.717) is 18.6 Å². The standard InChI is InChI=1S/C16H26N2O/c1-14(8-10-19)11-17-16-7-9-18(13-16)12-15-5-3-2-4-6-15/h2-6,14,16-17,19H,7-13H2,1H3. The van der Waals surface area contributed by atoms with Gasteiger partial charge >= 0.3 is 0 Å². The van der Waals surface area contributed by atoms with Gasteiger partial charge in [0.1, 0.15) is 0 Å². The molecule has 0 aromatic heterocycles. The molecule has 106 valence electrons. The summed E-state index contributed by atoms with van der Waals surface area (Å²) in [6.07, 6.45) is 2.13. The Bertz CT molecular complexity index is 355. The van der Waals surface area contributed by atoms with Crippen molar-refractivity contribution in [2.24, 2.45) is 5.92 Å². The molecule has 0 radical (unpaired) electrons. The molecule has 19 heavy (non-hydrogen) atoms. The first-order valence-corrected chi connectivity index (χ1v) is 7.38. The van der Waals surface area contributed by atoms with Gasteiger partial charge in [-0.25, -0.2) is 0 Å². The van der Waals surface area contributed by atoms with Gasteiger partial charge in [0, 0.05) is 32.3 Å². The van der Waals surface area contributed by atoms with Crippen molar-refractivity contribution in [3.05, 3.63) is 35.9 Å². The first-order chi connectivity index (χ1) is 9.28. The molecule has 3 heteroatoms. The summed E-state index contributed by atoms with van der Waals surface area (Å²) < 4.78 is 0. The maximum atomic E-state index is 8.90. The molecule has 3 nitrogen and oxygen atoms in total. The van der Waals surface area contributed by atoms with Gasteiger partial charge in [-0.05, 0) is 30.9 Å². The predicted molar refractivity (Wildman–Crippen MR) is 79.0 cm³/mol. The minimum absolute atomic E-state index is 0.299. The molecule has 0 aliphatic carbocycles. The van der Waals surface area contributed by atoms with Gasteiger partial charge < -0.3 is 10.4 Å². The summed E-state index contributed by atoms with van der Waals surface area (Å²) in [5.74, 6) is 0.563. The summed E-state index contributed by atoms with van der Waals surface area (Å²) >= 11 is 0. The molecule has 0 amide bonds. The van der Waals surface area contributed by atoms with Crippen LogP contribution in [-0.2, 0) is 6.54 Å². The quantitative estimate of drug-likeness (QED) is 0.787. The number of likely N-dealkylation sites (tertiary alicyclic amines) is 1. The Morgan fingerprint density at radius 1 is 1.37 bits per heavy atom. The number of hydrogen-bond acceptors (Lipinski definition) is 3. The molecule has 2 atom stereocenters. The SMILES string of the molecule is CC(CCO)CNC1CCN(Cc2ccccc2)C1. The second-order valence-corrected chi connectivity index (χ2v) is 5.73. The molecule has 0 saturated carbocycles. The van der Waals surface area contributed by atoms with Crippen LogP contribution in [0.15, 0.2) is 30.3 Å². The molecular formula is C16H26N2O. The van der Waals surface area contributed by atoms with Crippen LogP contribution in [0.3, 0.4) is 0 Å². The van der Waals surface area contributed by atoms with Gasteiger partial charge in [-0.3, -0.25) is 4.90 Å². The molecule has 2 rings (SSSR count).